The summed E-state index contributed by atoms with van der Waals surface area (Å²) in [5, 5.41) is 8.86. The summed E-state index contributed by atoms with van der Waals surface area (Å²) in [6.07, 6.45) is 4.74. The minimum atomic E-state index is -0.925. The molecule has 0 saturated carbocycles. The Bertz CT molecular complexity index is 419. The second-order valence-corrected chi connectivity index (χ2v) is 3.16. The average molecular weight is 190 g/mol. The molecule has 0 aromatic heterocycles. The minimum Gasteiger partial charge on any atom is -0.496 e. The van der Waals surface area contributed by atoms with Crippen molar-refractivity contribution < 1.29 is 14.6 Å². The largest absolute Gasteiger partial charge is 0.496 e. The second-order valence-electron chi connectivity index (χ2n) is 3.16. The topological polar surface area (TPSA) is 46.5 Å². The van der Waals surface area contributed by atoms with Gasteiger partial charge in [0.25, 0.3) is 0 Å². The summed E-state index contributed by atoms with van der Waals surface area (Å²) in [6, 6.07) is 3.23. The average Bonchev–Trinajstić information content (AvgIpc) is 2.63. The fourth-order valence-corrected chi connectivity index (χ4v) is 1.64. The van der Waals surface area contributed by atoms with Crippen LogP contribution in [0, 0.1) is 0 Å². The zero-order chi connectivity index (χ0) is 10.1. The summed E-state index contributed by atoms with van der Waals surface area (Å²) in [5.74, 6) is -0.267. The van der Waals surface area contributed by atoms with Gasteiger partial charge >= 0.3 is 5.97 Å². The number of ether oxygens (including phenoxy) is 1. The maximum atomic E-state index is 10.8. The monoisotopic (exact) mass is 190 g/mol. The summed E-state index contributed by atoms with van der Waals surface area (Å²) < 4.78 is 5.14. The van der Waals surface area contributed by atoms with Gasteiger partial charge in [0.15, 0.2) is 0 Å². The van der Waals surface area contributed by atoms with E-state index in [1.165, 1.54) is 0 Å². The van der Waals surface area contributed by atoms with Crippen molar-refractivity contribution in [3.63, 3.8) is 0 Å². The van der Waals surface area contributed by atoms with Crippen LogP contribution in [0.25, 0.3) is 6.08 Å². The van der Waals surface area contributed by atoms with E-state index >= 15 is 0 Å². The van der Waals surface area contributed by atoms with E-state index in [-0.39, 0.29) is 5.56 Å². The van der Waals surface area contributed by atoms with Gasteiger partial charge in [0.05, 0.1) is 12.7 Å². The first kappa shape index (κ1) is 8.81. The molecule has 1 aliphatic rings. The van der Waals surface area contributed by atoms with Gasteiger partial charge in [-0.15, -0.1) is 0 Å². The predicted molar refractivity (Wildman–Crippen MR) is 52.7 cm³/mol. The number of fused-ring (bicyclic) bond motifs is 1. The van der Waals surface area contributed by atoms with E-state index in [0.29, 0.717) is 5.75 Å². The number of benzene rings is 1. The molecular weight excluding hydrogens is 180 g/mol. The molecule has 0 radical (unpaired) electrons. The third kappa shape index (κ3) is 1.27. The first-order valence-electron chi connectivity index (χ1n) is 4.33. The van der Waals surface area contributed by atoms with Crippen molar-refractivity contribution in [2.75, 3.05) is 7.11 Å². The van der Waals surface area contributed by atoms with Crippen molar-refractivity contribution in [2.45, 2.75) is 6.42 Å². The van der Waals surface area contributed by atoms with Crippen molar-refractivity contribution >= 4 is 12.0 Å². The third-order valence-electron chi connectivity index (χ3n) is 2.33. The molecule has 0 fully saturated rings. The van der Waals surface area contributed by atoms with Crippen LogP contribution in [0.4, 0.5) is 0 Å². The van der Waals surface area contributed by atoms with Gasteiger partial charge in [0, 0.05) is 5.56 Å². The lowest BCUT2D eigenvalue weighted by atomic mass is 10.0. The second kappa shape index (κ2) is 3.18. The summed E-state index contributed by atoms with van der Waals surface area (Å²) in [4.78, 5) is 10.8. The maximum absolute atomic E-state index is 10.8. The number of allylic oxidation sites excluding steroid dienone is 1. The van der Waals surface area contributed by atoms with Crippen LogP contribution in [0.15, 0.2) is 18.2 Å². The molecule has 2 rings (SSSR count). The van der Waals surface area contributed by atoms with E-state index in [1.807, 2.05) is 12.2 Å². The van der Waals surface area contributed by atoms with Crippen molar-refractivity contribution in [2.24, 2.45) is 0 Å². The number of aromatic carboxylic acids is 1. The van der Waals surface area contributed by atoms with E-state index in [9.17, 15) is 4.79 Å². The van der Waals surface area contributed by atoms with E-state index in [1.54, 1.807) is 19.2 Å². The van der Waals surface area contributed by atoms with E-state index in [0.717, 1.165) is 17.5 Å². The van der Waals surface area contributed by atoms with E-state index in [2.05, 4.69) is 0 Å². The molecule has 0 amide bonds. The highest BCUT2D eigenvalue weighted by Crippen LogP contribution is 2.30. The number of methoxy groups -OCH3 is 1. The van der Waals surface area contributed by atoms with Crippen molar-refractivity contribution in [3.8, 4) is 5.75 Å². The number of hydrogen-bond donors (Lipinski definition) is 1. The van der Waals surface area contributed by atoms with Gasteiger partial charge in [0.1, 0.15) is 5.75 Å². The Morgan fingerprint density at radius 2 is 2.29 bits per heavy atom. The fraction of sp³-hybridized carbons (Fsp3) is 0.182. The Kier molecular flexibility index (Phi) is 2.00. The van der Waals surface area contributed by atoms with Crippen molar-refractivity contribution in [1.82, 2.24) is 0 Å². The molecule has 1 N–H and O–H groups in total. The van der Waals surface area contributed by atoms with Crippen LogP contribution in [-0.2, 0) is 6.42 Å². The quantitative estimate of drug-likeness (QED) is 0.775. The first-order valence-corrected chi connectivity index (χ1v) is 4.33. The van der Waals surface area contributed by atoms with Gasteiger partial charge in [0.2, 0.25) is 0 Å². The van der Waals surface area contributed by atoms with Gasteiger partial charge in [-0.2, -0.15) is 0 Å². The molecule has 3 heteroatoms. The Labute approximate surface area is 81.6 Å². The lowest BCUT2D eigenvalue weighted by Gasteiger charge is -2.08. The molecule has 1 aliphatic carbocycles. The summed E-state index contributed by atoms with van der Waals surface area (Å²) >= 11 is 0. The number of hydrogen-bond acceptors (Lipinski definition) is 2. The van der Waals surface area contributed by atoms with Crippen LogP contribution in [0.5, 0.6) is 5.75 Å². The highest BCUT2D eigenvalue weighted by molar-refractivity contribution is 5.90. The maximum Gasteiger partial charge on any atom is 0.335 e. The third-order valence-corrected chi connectivity index (χ3v) is 2.33. The summed E-state index contributed by atoms with van der Waals surface area (Å²) in [5.41, 5.74) is 2.28. The van der Waals surface area contributed by atoms with Crippen LogP contribution < -0.4 is 4.74 Å². The van der Waals surface area contributed by atoms with Gasteiger partial charge in [-0.25, -0.2) is 4.79 Å². The van der Waals surface area contributed by atoms with Crippen molar-refractivity contribution in [1.29, 1.82) is 0 Å². The van der Waals surface area contributed by atoms with Gasteiger partial charge in [-0.05, 0) is 24.1 Å². The van der Waals surface area contributed by atoms with Crippen LogP contribution in [0.2, 0.25) is 0 Å². The van der Waals surface area contributed by atoms with Crippen molar-refractivity contribution in [3.05, 3.63) is 34.9 Å². The molecule has 72 valence electrons. The Morgan fingerprint density at radius 3 is 2.93 bits per heavy atom. The van der Waals surface area contributed by atoms with Crippen LogP contribution in [-0.4, -0.2) is 18.2 Å². The zero-order valence-corrected chi connectivity index (χ0v) is 7.78. The summed E-state index contributed by atoms with van der Waals surface area (Å²) in [6.45, 7) is 0. The van der Waals surface area contributed by atoms with Gasteiger partial charge in [-0.3, -0.25) is 0 Å². The normalized spacial score (nSPS) is 12.6. The molecular formula is C11H10O3. The Balaban J connectivity index is 2.58. The molecule has 0 saturated heterocycles. The summed E-state index contributed by atoms with van der Waals surface area (Å²) in [7, 11) is 1.56. The number of carboxylic acid groups (broad SMARTS) is 1. The molecule has 0 aliphatic heterocycles. The Hall–Kier alpha value is -1.77. The SMILES string of the molecule is COc1cc(C(=O)O)cc2c1CC=C2. The fourth-order valence-electron chi connectivity index (χ4n) is 1.64. The lowest BCUT2D eigenvalue weighted by molar-refractivity contribution is 0.0696. The molecule has 0 spiro atoms. The number of carboxylic acids is 1. The smallest absolute Gasteiger partial charge is 0.335 e. The molecule has 14 heavy (non-hydrogen) atoms. The molecule has 0 atom stereocenters. The zero-order valence-electron chi connectivity index (χ0n) is 7.78. The van der Waals surface area contributed by atoms with Gasteiger partial charge in [-0.1, -0.05) is 12.2 Å². The standard InChI is InChI=1S/C11H10O3/c1-14-10-6-8(11(12)13)5-7-3-2-4-9(7)10/h2-3,5-6H,4H2,1H3,(H,12,13). The molecule has 1 aromatic rings. The highest BCUT2D eigenvalue weighted by atomic mass is 16.5. The first-order chi connectivity index (χ1) is 6.72. The van der Waals surface area contributed by atoms with E-state index < -0.39 is 5.97 Å². The molecule has 0 bridgehead atoms. The lowest BCUT2D eigenvalue weighted by Crippen LogP contribution is -2.00. The predicted octanol–water partition coefficient (Wildman–Crippen LogP) is 1.96. The van der Waals surface area contributed by atoms with Gasteiger partial charge < -0.3 is 9.84 Å². The highest BCUT2D eigenvalue weighted by Gasteiger charge is 2.15. The molecule has 1 aromatic carbocycles. The van der Waals surface area contributed by atoms with Crippen LogP contribution in [0.3, 0.4) is 0 Å². The molecule has 0 heterocycles. The van der Waals surface area contributed by atoms with Crippen LogP contribution in [0.1, 0.15) is 21.5 Å². The molecule has 3 nitrogen and oxygen atoms in total. The number of rotatable bonds is 2. The Morgan fingerprint density at radius 1 is 1.50 bits per heavy atom. The van der Waals surface area contributed by atoms with E-state index in [4.69, 9.17) is 9.84 Å². The minimum absolute atomic E-state index is 0.271. The van der Waals surface area contributed by atoms with Crippen LogP contribution >= 0.6 is 0 Å². The molecule has 0 unspecified atom stereocenters. The number of carbonyl (C=O) groups is 1.